The van der Waals surface area contributed by atoms with E-state index in [1.807, 2.05) is 6.92 Å². The molecule has 0 bridgehead atoms. The minimum atomic E-state index is -3.80. The lowest BCUT2D eigenvalue weighted by Crippen LogP contribution is -2.21. The number of hydrogen-bond acceptors (Lipinski definition) is 5. The van der Waals surface area contributed by atoms with Crippen LogP contribution in [0.15, 0.2) is 35.2 Å². The second-order valence-corrected chi connectivity index (χ2v) is 8.40. The second-order valence-electron chi connectivity index (χ2n) is 6.72. The van der Waals surface area contributed by atoms with Crippen molar-refractivity contribution in [3.63, 3.8) is 0 Å². The molecular formula is C18H22N4O3S. The molecule has 1 aromatic heterocycles. The first-order chi connectivity index (χ1) is 12.2. The van der Waals surface area contributed by atoms with Gasteiger partial charge in [0.2, 0.25) is 11.9 Å². The molecule has 7 nitrogen and oxygen atoms in total. The summed E-state index contributed by atoms with van der Waals surface area (Å²) in [6, 6.07) is 7.81. The summed E-state index contributed by atoms with van der Waals surface area (Å²) in [7, 11) is -3.80. The fraction of sp³-hybridized carbons (Fsp3) is 0.389. The van der Waals surface area contributed by atoms with E-state index in [0.29, 0.717) is 23.0 Å². The van der Waals surface area contributed by atoms with Crippen molar-refractivity contribution in [3.05, 3.63) is 41.7 Å². The van der Waals surface area contributed by atoms with Crippen LogP contribution < -0.4 is 10.0 Å². The van der Waals surface area contributed by atoms with E-state index in [1.165, 1.54) is 12.1 Å². The van der Waals surface area contributed by atoms with Crippen LogP contribution in [0, 0.1) is 25.7 Å². The first kappa shape index (κ1) is 18.3. The summed E-state index contributed by atoms with van der Waals surface area (Å²) in [5.74, 6) is 0.446. The zero-order valence-electron chi connectivity index (χ0n) is 15.0. The number of aryl methyl sites for hydroxylation is 2. The predicted octanol–water partition coefficient (Wildman–Crippen LogP) is 2.88. The van der Waals surface area contributed by atoms with E-state index in [-0.39, 0.29) is 22.7 Å². The maximum atomic E-state index is 12.5. The normalized spacial score (nSPS) is 15.3. The molecule has 3 rings (SSSR count). The average molecular weight is 374 g/mol. The van der Waals surface area contributed by atoms with Crippen molar-refractivity contribution in [2.24, 2.45) is 11.8 Å². The van der Waals surface area contributed by atoms with Crippen LogP contribution >= 0.6 is 0 Å². The van der Waals surface area contributed by atoms with Crippen molar-refractivity contribution >= 4 is 27.6 Å². The number of sulfonamides is 1. The fourth-order valence-corrected chi connectivity index (χ4v) is 3.68. The molecule has 8 heteroatoms. The molecule has 1 unspecified atom stereocenters. The van der Waals surface area contributed by atoms with Gasteiger partial charge in [-0.25, -0.2) is 23.1 Å². The van der Waals surface area contributed by atoms with Gasteiger partial charge in [0.1, 0.15) is 0 Å². The monoisotopic (exact) mass is 374 g/mol. The number of carbonyl (C=O) groups excluding carboxylic acids is 1. The molecule has 2 aromatic rings. The van der Waals surface area contributed by atoms with E-state index in [0.717, 1.165) is 12.8 Å². The van der Waals surface area contributed by atoms with Gasteiger partial charge in [0.05, 0.1) is 4.90 Å². The number of amides is 1. The molecule has 0 aliphatic heterocycles. The minimum absolute atomic E-state index is 0.0261. The minimum Gasteiger partial charge on any atom is -0.326 e. The third kappa shape index (κ3) is 4.37. The highest BCUT2D eigenvalue weighted by molar-refractivity contribution is 7.92. The van der Waals surface area contributed by atoms with Crippen LogP contribution in [0.2, 0.25) is 0 Å². The van der Waals surface area contributed by atoms with Crippen molar-refractivity contribution in [2.45, 2.75) is 38.5 Å². The zero-order chi connectivity index (χ0) is 18.9. The molecule has 2 N–H and O–H groups in total. The Morgan fingerprint density at radius 2 is 1.69 bits per heavy atom. The van der Waals surface area contributed by atoms with Gasteiger partial charge in [-0.15, -0.1) is 0 Å². The number of nitrogens with one attached hydrogen (secondary N) is 2. The van der Waals surface area contributed by atoms with Gasteiger partial charge in [0.25, 0.3) is 10.0 Å². The fourth-order valence-electron chi connectivity index (χ4n) is 2.73. The Bertz CT molecular complexity index is 902. The van der Waals surface area contributed by atoms with Gasteiger partial charge in [-0.3, -0.25) is 4.79 Å². The highest BCUT2D eigenvalue weighted by Crippen LogP contribution is 2.37. The number of nitrogens with zero attached hydrogens (tertiary/aromatic N) is 2. The highest BCUT2D eigenvalue weighted by atomic mass is 32.2. The standard InChI is InChI=1S/C18H22N4O3S/c1-11-10-12(2)20-18(19-11)22-26(24,25)16-8-6-15(7-9-16)21-17(23)13(3)14-4-5-14/h6-10,13-14H,4-5H2,1-3H3,(H,21,23)(H,19,20,22). The molecule has 138 valence electrons. The lowest BCUT2D eigenvalue weighted by atomic mass is 10.1. The third-order valence-corrected chi connectivity index (χ3v) is 5.73. The van der Waals surface area contributed by atoms with E-state index >= 15 is 0 Å². The van der Waals surface area contributed by atoms with Crippen LogP contribution in [0.5, 0.6) is 0 Å². The van der Waals surface area contributed by atoms with Gasteiger partial charge in [0, 0.05) is 23.0 Å². The lowest BCUT2D eigenvalue weighted by Gasteiger charge is -2.12. The zero-order valence-corrected chi connectivity index (χ0v) is 15.8. The van der Waals surface area contributed by atoms with Gasteiger partial charge in [0.15, 0.2) is 0 Å². The molecule has 0 radical (unpaired) electrons. The Hall–Kier alpha value is -2.48. The van der Waals surface area contributed by atoms with Gasteiger partial charge in [-0.2, -0.15) is 0 Å². The van der Waals surface area contributed by atoms with E-state index in [1.54, 1.807) is 32.0 Å². The van der Waals surface area contributed by atoms with Gasteiger partial charge in [-0.05, 0) is 62.9 Å². The van der Waals surface area contributed by atoms with E-state index in [2.05, 4.69) is 20.0 Å². The first-order valence-electron chi connectivity index (χ1n) is 8.50. The summed E-state index contributed by atoms with van der Waals surface area (Å²) >= 11 is 0. The molecule has 1 saturated carbocycles. The molecule has 1 heterocycles. The largest absolute Gasteiger partial charge is 0.326 e. The van der Waals surface area contributed by atoms with Crippen molar-refractivity contribution in [3.8, 4) is 0 Å². The average Bonchev–Trinajstić information content (AvgIpc) is 3.38. The van der Waals surface area contributed by atoms with Crippen LogP contribution in [0.4, 0.5) is 11.6 Å². The molecule has 0 saturated heterocycles. The van der Waals surface area contributed by atoms with Crippen molar-refractivity contribution in [1.82, 2.24) is 9.97 Å². The Morgan fingerprint density at radius 1 is 1.12 bits per heavy atom. The molecule has 1 aliphatic rings. The van der Waals surface area contributed by atoms with Crippen LogP contribution in [-0.4, -0.2) is 24.3 Å². The second kappa shape index (κ2) is 7.03. The maximum Gasteiger partial charge on any atom is 0.264 e. The Morgan fingerprint density at radius 3 is 2.23 bits per heavy atom. The summed E-state index contributed by atoms with van der Waals surface area (Å²) < 4.78 is 27.4. The quantitative estimate of drug-likeness (QED) is 0.810. The smallest absolute Gasteiger partial charge is 0.264 e. The number of hydrogen-bond donors (Lipinski definition) is 2. The number of carbonyl (C=O) groups is 1. The summed E-state index contributed by atoms with van der Waals surface area (Å²) in [4.78, 5) is 20.4. The van der Waals surface area contributed by atoms with Gasteiger partial charge >= 0.3 is 0 Å². The Kier molecular flexibility index (Phi) is 4.95. The van der Waals surface area contributed by atoms with Crippen LogP contribution in [-0.2, 0) is 14.8 Å². The molecule has 1 aliphatic carbocycles. The van der Waals surface area contributed by atoms with E-state index in [9.17, 15) is 13.2 Å². The Labute approximate surface area is 153 Å². The number of benzene rings is 1. The third-order valence-electron chi connectivity index (χ3n) is 4.38. The first-order valence-corrected chi connectivity index (χ1v) is 9.99. The lowest BCUT2D eigenvalue weighted by molar-refractivity contribution is -0.119. The summed E-state index contributed by atoms with van der Waals surface area (Å²) in [6.45, 7) is 5.46. The predicted molar refractivity (Wildman–Crippen MR) is 99.3 cm³/mol. The van der Waals surface area contributed by atoms with Crippen LogP contribution in [0.3, 0.4) is 0 Å². The summed E-state index contributed by atoms with van der Waals surface area (Å²) in [6.07, 6.45) is 2.19. The SMILES string of the molecule is Cc1cc(C)nc(NS(=O)(=O)c2ccc(NC(=O)C(C)C3CC3)cc2)n1. The molecule has 1 amide bonds. The summed E-state index contributed by atoms with van der Waals surface area (Å²) in [5.41, 5.74) is 1.93. The van der Waals surface area contributed by atoms with E-state index < -0.39 is 10.0 Å². The van der Waals surface area contributed by atoms with E-state index in [4.69, 9.17) is 0 Å². The Balaban J connectivity index is 1.71. The molecule has 1 atom stereocenters. The van der Waals surface area contributed by atoms with Gasteiger partial charge in [-0.1, -0.05) is 6.92 Å². The maximum absolute atomic E-state index is 12.5. The molecular weight excluding hydrogens is 352 g/mol. The molecule has 0 spiro atoms. The molecule has 26 heavy (non-hydrogen) atoms. The molecule has 1 aromatic carbocycles. The van der Waals surface area contributed by atoms with Gasteiger partial charge < -0.3 is 5.32 Å². The highest BCUT2D eigenvalue weighted by Gasteiger charge is 2.32. The molecule has 1 fully saturated rings. The van der Waals surface area contributed by atoms with Crippen molar-refractivity contribution in [1.29, 1.82) is 0 Å². The van der Waals surface area contributed by atoms with Crippen LogP contribution in [0.25, 0.3) is 0 Å². The number of rotatable bonds is 6. The van der Waals surface area contributed by atoms with Crippen LogP contribution in [0.1, 0.15) is 31.2 Å². The number of aromatic nitrogens is 2. The topological polar surface area (TPSA) is 101 Å². The number of anilines is 2. The van der Waals surface area contributed by atoms with Crippen molar-refractivity contribution < 1.29 is 13.2 Å². The van der Waals surface area contributed by atoms with Crippen molar-refractivity contribution in [2.75, 3.05) is 10.0 Å². The summed E-state index contributed by atoms with van der Waals surface area (Å²) in [5, 5.41) is 2.83.